The summed E-state index contributed by atoms with van der Waals surface area (Å²) in [5.74, 6) is -0.624. The van der Waals surface area contributed by atoms with Crippen molar-refractivity contribution in [2.75, 3.05) is 0 Å². The minimum Gasteiger partial charge on any atom is -0.269 e. The van der Waals surface area contributed by atoms with Crippen LogP contribution in [0.1, 0.15) is 27.6 Å². The van der Waals surface area contributed by atoms with Crippen LogP contribution < -0.4 is 0 Å². The molecule has 0 radical (unpaired) electrons. The van der Waals surface area contributed by atoms with Gasteiger partial charge >= 0.3 is 0 Å². The van der Waals surface area contributed by atoms with Gasteiger partial charge in [-0.3, -0.25) is 14.5 Å². The highest BCUT2D eigenvalue weighted by molar-refractivity contribution is 6.28. The molecule has 1 heterocycles. The Morgan fingerprint density at radius 3 is 1.93 bits per heavy atom. The SMILES string of the molecule is CC(Cl)N1C(=O)c2ccccc2C1=O. The zero-order chi connectivity index (χ0) is 10.3. The molecule has 0 spiro atoms. The molecule has 1 atom stereocenters. The molecule has 2 rings (SSSR count). The molecule has 3 nitrogen and oxygen atoms in total. The molecule has 1 aromatic rings. The average molecular weight is 210 g/mol. The molecule has 1 aliphatic rings. The number of hydrogen-bond acceptors (Lipinski definition) is 2. The summed E-state index contributed by atoms with van der Waals surface area (Å²) in [5.41, 5.74) is 0.261. The topological polar surface area (TPSA) is 37.4 Å². The van der Waals surface area contributed by atoms with Crippen LogP contribution in [0.25, 0.3) is 0 Å². The van der Waals surface area contributed by atoms with Crippen molar-refractivity contribution in [1.82, 2.24) is 4.90 Å². The Morgan fingerprint density at radius 1 is 1.14 bits per heavy atom. The monoisotopic (exact) mass is 209 g/mol. The minimum atomic E-state index is -0.609. The smallest absolute Gasteiger partial charge is 0.262 e. The molecular formula is C10H8ClNO2. The Morgan fingerprint density at radius 2 is 1.57 bits per heavy atom. The predicted molar refractivity (Wildman–Crippen MR) is 52.3 cm³/mol. The number of rotatable bonds is 1. The minimum absolute atomic E-state index is 0.312. The van der Waals surface area contributed by atoms with Gasteiger partial charge in [-0.25, -0.2) is 0 Å². The normalized spacial score (nSPS) is 17.1. The van der Waals surface area contributed by atoms with Gasteiger partial charge in [0.2, 0.25) is 0 Å². The summed E-state index contributed by atoms with van der Waals surface area (Å²) in [4.78, 5) is 24.4. The Balaban J connectivity index is 2.54. The second kappa shape index (κ2) is 3.10. The van der Waals surface area contributed by atoms with Gasteiger partial charge in [-0.05, 0) is 19.1 Å². The fourth-order valence-corrected chi connectivity index (χ4v) is 1.71. The van der Waals surface area contributed by atoms with E-state index in [1.807, 2.05) is 0 Å². The van der Waals surface area contributed by atoms with E-state index in [9.17, 15) is 9.59 Å². The summed E-state index contributed by atoms with van der Waals surface area (Å²) in [7, 11) is 0. The number of carbonyl (C=O) groups excluding carboxylic acids is 2. The third-order valence-corrected chi connectivity index (χ3v) is 2.38. The van der Waals surface area contributed by atoms with Crippen molar-refractivity contribution in [3.8, 4) is 0 Å². The molecule has 0 aromatic heterocycles. The van der Waals surface area contributed by atoms with Crippen molar-refractivity contribution < 1.29 is 9.59 Å². The van der Waals surface area contributed by atoms with Crippen LogP contribution in [0.2, 0.25) is 0 Å². The number of hydrogen-bond donors (Lipinski definition) is 0. The van der Waals surface area contributed by atoms with Crippen LogP contribution in [-0.2, 0) is 0 Å². The molecule has 0 N–H and O–H groups in total. The third-order valence-electron chi connectivity index (χ3n) is 2.18. The molecule has 2 amide bonds. The van der Waals surface area contributed by atoms with E-state index < -0.39 is 5.50 Å². The summed E-state index contributed by atoms with van der Waals surface area (Å²) in [6.45, 7) is 1.60. The van der Waals surface area contributed by atoms with Gasteiger partial charge in [-0.2, -0.15) is 0 Å². The molecule has 14 heavy (non-hydrogen) atoms. The molecule has 0 aliphatic carbocycles. The van der Waals surface area contributed by atoms with Crippen molar-refractivity contribution in [3.05, 3.63) is 35.4 Å². The van der Waals surface area contributed by atoms with Crippen molar-refractivity contribution in [1.29, 1.82) is 0 Å². The van der Waals surface area contributed by atoms with E-state index in [1.54, 1.807) is 31.2 Å². The first-order chi connectivity index (χ1) is 6.63. The summed E-state index contributed by atoms with van der Waals surface area (Å²) in [6.07, 6.45) is 0. The molecule has 0 saturated carbocycles. The van der Waals surface area contributed by atoms with Gasteiger partial charge < -0.3 is 0 Å². The number of benzene rings is 1. The summed E-state index contributed by atoms with van der Waals surface area (Å²) >= 11 is 5.75. The fourth-order valence-electron chi connectivity index (χ4n) is 1.53. The Hall–Kier alpha value is -1.35. The van der Waals surface area contributed by atoms with Gasteiger partial charge in [0, 0.05) is 0 Å². The lowest BCUT2D eigenvalue weighted by molar-refractivity contribution is 0.0642. The number of amides is 2. The summed E-state index contributed by atoms with van der Waals surface area (Å²) in [5, 5.41) is 0. The predicted octanol–water partition coefficient (Wildman–Crippen LogP) is 1.87. The average Bonchev–Trinajstić information content (AvgIpc) is 2.41. The first-order valence-corrected chi connectivity index (χ1v) is 4.67. The highest BCUT2D eigenvalue weighted by atomic mass is 35.5. The Labute approximate surface area is 86.3 Å². The third kappa shape index (κ3) is 1.13. The highest BCUT2D eigenvalue weighted by Crippen LogP contribution is 2.25. The van der Waals surface area contributed by atoms with E-state index in [0.717, 1.165) is 4.90 Å². The van der Waals surface area contributed by atoms with Crippen molar-refractivity contribution >= 4 is 23.4 Å². The molecule has 0 bridgehead atoms. The van der Waals surface area contributed by atoms with Crippen LogP contribution in [0.3, 0.4) is 0 Å². The lowest BCUT2D eigenvalue weighted by Gasteiger charge is -2.15. The van der Waals surface area contributed by atoms with Crippen LogP contribution in [0.4, 0.5) is 0 Å². The number of imide groups is 1. The van der Waals surface area contributed by atoms with Gasteiger partial charge in [-0.1, -0.05) is 23.7 Å². The zero-order valence-electron chi connectivity index (χ0n) is 7.53. The number of halogens is 1. The number of alkyl halides is 1. The number of nitrogens with zero attached hydrogens (tertiary/aromatic N) is 1. The second-order valence-electron chi connectivity index (χ2n) is 3.10. The Bertz CT molecular complexity index is 379. The maximum atomic E-state index is 11.7. The van der Waals surface area contributed by atoms with Crippen molar-refractivity contribution in [2.45, 2.75) is 12.4 Å². The quantitative estimate of drug-likeness (QED) is 0.402. The zero-order valence-corrected chi connectivity index (χ0v) is 8.28. The number of fused-ring (bicyclic) bond motifs is 1. The molecule has 0 fully saturated rings. The van der Waals surface area contributed by atoms with Gasteiger partial charge in [-0.15, -0.1) is 0 Å². The van der Waals surface area contributed by atoms with Gasteiger partial charge in [0.15, 0.2) is 0 Å². The van der Waals surface area contributed by atoms with Crippen LogP contribution >= 0.6 is 11.6 Å². The van der Waals surface area contributed by atoms with E-state index >= 15 is 0 Å². The molecule has 1 aliphatic heterocycles. The largest absolute Gasteiger partial charge is 0.269 e. The second-order valence-corrected chi connectivity index (χ2v) is 3.73. The van der Waals surface area contributed by atoms with Gasteiger partial charge in [0.05, 0.1) is 11.1 Å². The van der Waals surface area contributed by atoms with E-state index in [2.05, 4.69) is 0 Å². The standard InChI is InChI=1S/C10H8ClNO2/c1-6(11)12-9(13)7-4-2-3-5-8(7)10(12)14/h2-6H,1H3. The van der Waals surface area contributed by atoms with Crippen molar-refractivity contribution in [2.24, 2.45) is 0 Å². The van der Waals surface area contributed by atoms with Crippen LogP contribution in [-0.4, -0.2) is 22.2 Å². The van der Waals surface area contributed by atoms with E-state index in [1.165, 1.54) is 0 Å². The summed E-state index contributed by atoms with van der Waals surface area (Å²) < 4.78 is 0. The highest BCUT2D eigenvalue weighted by Gasteiger charge is 2.37. The maximum absolute atomic E-state index is 11.7. The van der Waals surface area contributed by atoms with Crippen LogP contribution in [0.15, 0.2) is 24.3 Å². The first kappa shape index (κ1) is 9.21. The van der Waals surface area contributed by atoms with Gasteiger partial charge in [0.25, 0.3) is 11.8 Å². The molecule has 1 unspecified atom stereocenters. The van der Waals surface area contributed by atoms with Crippen LogP contribution in [0.5, 0.6) is 0 Å². The van der Waals surface area contributed by atoms with Gasteiger partial charge in [0.1, 0.15) is 5.50 Å². The molecular weight excluding hydrogens is 202 g/mol. The molecule has 4 heteroatoms. The fraction of sp³-hybridized carbons (Fsp3) is 0.200. The van der Waals surface area contributed by atoms with E-state index in [4.69, 9.17) is 11.6 Å². The first-order valence-electron chi connectivity index (χ1n) is 4.24. The van der Waals surface area contributed by atoms with Crippen molar-refractivity contribution in [3.63, 3.8) is 0 Å². The maximum Gasteiger partial charge on any atom is 0.262 e. The lowest BCUT2D eigenvalue weighted by atomic mass is 10.1. The number of carbonyl (C=O) groups is 2. The lowest BCUT2D eigenvalue weighted by Crippen LogP contribution is -2.34. The molecule has 0 saturated heterocycles. The molecule has 72 valence electrons. The van der Waals surface area contributed by atoms with Crippen LogP contribution in [0, 0.1) is 0 Å². The molecule has 1 aromatic carbocycles. The van der Waals surface area contributed by atoms with E-state index in [0.29, 0.717) is 11.1 Å². The van der Waals surface area contributed by atoms with E-state index in [-0.39, 0.29) is 11.8 Å². The Kier molecular flexibility index (Phi) is 2.04. The summed E-state index contributed by atoms with van der Waals surface area (Å²) in [6, 6.07) is 6.72.